The molecule has 0 bridgehead atoms. The summed E-state index contributed by atoms with van der Waals surface area (Å²) in [5.74, 6) is 0. The van der Waals surface area contributed by atoms with Gasteiger partial charge < -0.3 is 25.0 Å². The van der Waals surface area contributed by atoms with Gasteiger partial charge in [0.05, 0.1) is 0 Å². The third-order valence-electron chi connectivity index (χ3n) is 4.83. The topological polar surface area (TPSA) is 92.3 Å². The first-order chi connectivity index (χ1) is 14.6. The van der Waals surface area contributed by atoms with Gasteiger partial charge in [-0.2, -0.15) is 0 Å². The Morgan fingerprint density at radius 1 is 0.400 bits per heavy atom. The lowest BCUT2D eigenvalue weighted by Gasteiger charge is -1.87. The number of H-pyrrole nitrogens is 2. The van der Waals surface area contributed by atoms with Gasteiger partial charge in [0.15, 0.2) is 0 Å². The molecule has 0 spiro atoms. The van der Waals surface area contributed by atoms with Gasteiger partial charge in [-0.25, -0.2) is 0 Å². The Kier molecular flexibility index (Phi) is 5.81. The third kappa shape index (κ3) is 4.21. The molecule has 0 aliphatic carbocycles. The van der Waals surface area contributed by atoms with Crippen LogP contribution in [0.3, 0.4) is 0 Å². The Hall–Kier alpha value is -3.58. The largest absolute Gasteiger partial charge is 0.631 e. The molecule has 0 saturated heterocycles. The smallest absolute Gasteiger partial charge is 0.402 e. The van der Waals surface area contributed by atoms with E-state index in [1.807, 2.05) is 0 Å². The summed E-state index contributed by atoms with van der Waals surface area (Å²) in [5, 5.41) is 26.7. The Bertz CT molecular complexity index is 1200. The molecule has 2 heterocycles. The maximum Gasteiger partial charge on any atom is 0.631 e. The van der Waals surface area contributed by atoms with E-state index in [0.717, 1.165) is 0 Å². The number of hydrogen-bond acceptors (Lipinski definition) is 3. The van der Waals surface area contributed by atoms with Gasteiger partial charge >= 0.3 is 7.32 Å². The molecule has 0 fully saturated rings. The van der Waals surface area contributed by atoms with Crippen LogP contribution >= 0.6 is 0 Å². The first kappa shape index (κ1) is 19.7. The quantitative estimate of drug-likeness (QED) is 0.243. The van der Waals surface area contributed by atoms with E-state index in [0.29, 0.717) is 0 Å². The van der Waals surface area contributed by atoms with Crippen LogP contribution in [0.2, 0.25) is 0 Å². The van der Waals surface area contributed by atoms with Crippen LogP contribution in [0.4, 0.5) is 0 Å². The Morgan fingerprint density at radius 2 is 0.600 bits per heavy atom. The first-order valence-corrected chi connectivity index (χ1v) is 9.58. The fraction of sp³-hybridized carbons (Fsp3) is 0. The first-order valence-electron chi connectivity index (χ1n) is 9.58. The number of para-hydroxylation sites is 4. The lowest BCUT2D eigenvalue weighted by molar-refractivity contribution is 0.278. The van der Waals surface area contributed by atoms with Crippen LogP contribution < -0.4 is 0 Å². The van der Waals surface area contributed by atoms with Crippen LogP contribution in [0.1, 0.15) is 0 Å². The van der Waals surface area contributed by atoms with Crippen molar-refractivity contribution in [2.45, 2.75) is 0 Å². The molecule has 30 heavy (non-hydrogen) atoms. The molecular formula is C24H21BN2O3. The fourth-order valence-electron chi connectivity index (χ4n) is 3.60. The summed E-state index contributed by atoms with van der Waals surface area (Å²) in [7, 11) is -2.17. The van der Waals surface area contributed by atoms with Crippen LogP contribution in [0, 0.1) is 0 Å². The second kappa shape index (κ2) is 8.84. The summed E-state index contributed by atoms with van der Waals surface area (Å²) >= 11 is 0. The lowest BCUT2D eigenvalue weighted by atomic mass is 10.2. The minimum Gasteiger partial charge on any atom is -0.402 e. The summed E-state index contributed by atoms with van der Waals surface area (Å²) in [6.07, 6.45) is 0. The van der Waals surface area contributed by atoms with Crippen molar-refractivity contribution >= 4 is 50.9 Å². The SMILES string of the molecule is OB(O)O.c1ccc2c(c1)[nH]c1ccccc12.c1ccc2c(c1)[nH]c1ccccc12. The predicted octanol–water partition coefficient (Wildman–Crippen LogP) is 4.59. The zero-order chi connectivity index (χ0) is 20.9. The second-order valence-electron chi connectivity index (χ2n) is 6.78. The highest BCUT2D eigenvalue weighted by atomic mass is 16.5. The Balaban J connectivity index is 0.000000124. The number of fused-ring (bicyclic) bond motifs is 6. The van der Waals surface area contributed by atoms with Crippen LogP contribution in [0.5, 0.6) is 0 Å². The summed E-state index contributed by atoms with van der Waals surface area (Å²) in [6, 6.07) is 33.5. The molecule has 6 heteroatoms. The van der Waals surface area contributed by atoms with Gasteiger partial charge in [-0.3, -0.25) is 0 Å². The van der Waals surface area contributed by atoms with Crippen molar-refractivity contribution in [2.24, 2.45) is 0 Å². The average Bonchev–Trinajstić information content (AvgIpc) is 3.32. The summed E-state index contributed by atoms with van der Waals surface area (Å²) < 4.78 is 0. The maximum atomic E-state index is 7.17. The average molecular weight is 396 g/mol. The van der Waals surface area contributed by atoms with Crippen molar-refractivity contribution in [1.82, 2.24) is 9.97 Å². The van der Waals surface area contributed by atoms with Crippen molar-refractivity contribution < 1.29 is 15.1 Å². The number of aromatic amines is 2. The molecule has 2 aromatic heterocycles. The minimum atomic E-state index is -2.17. The van der Waals surface area contributed by atoms with Crippen LogP contribution in [0.15, 0.2) is 97.1 Å². The van der Waals surface area contributed by atoms with Gasteiger partial charge in [-0.15, -0.1) is 0 Å². The predicted molar refractivity (Wildman–Crippen MR) is 124 cm³/mol. The van der Waals surface area contributed by atoms with Crippen molar-refractivity contribution in [3.8, 4) is 0 Å². The molecule has 0 aliphatic heterocycles. The zero-order valence-corrected chi connectivity index (χ0v) is 16.2. The monoisotopic (exact) mass is 396 g/mol. The number of aromatic nitrogens is 2. The zero-order valence-electron chi connectivity index (χ0n) is 16.2. The van der Waals surface area contributed by atoms with Gasteiger partial charge in [-0.05, 0) is 24.3 Å². The third-order valence-corrected chi connectivity index (χ3v) is 4.83. The lowest BCUT2D eigenvalue weighted by Crippen LogP contribution is -2.07. The summed E-state index contributed by atoms with van der Waals surface area (Å²) in [4.78, 5) is 6.76. The number of rotatable bonds is 0. The van der Waals surface area contributed by atoms with Crippen molar-refractivity contribution in [3.05, 3.63) is 97.1 Å². The Morgan fingerprint density at radius 3 is 0.833 bits per heavy atom. The fourth-order valence-corrected chi connectivity index (χ4v) is 3.60. The molecule has 0 aliphatic rings. The van der Waals surface area contributed by atoms with E-state index in [2.05, 4.69) is 107 Å². The van der Waals surface area contributed by atoms with Crippen LogP contribution in [0.25, 0.3) is 43.6 Å². The van der Waals surface area contributed by atoms with Gasteiger partial charge in [0.2, 0.25) is 0 Å². The summed E-state index contributed by atoms with van der Waals surface area (Å²) in [5.41, 5.74) is 4.85. The van der Waals surface area contributed by atoms with Gasteiger partial charge in [0.1, 0.15) is 0 Å². The summed E-state index contributed by atoms with van der Waals surface area (Å²) in [6.45, 7) is 0. The highest BCUT2D eigenvalue weighted by molar-refractivity contribution is 6.30. The molecule has 0 atom stereocenters. The Labute approximate surface area is 173 Å². The van der Waals surface area contributed by atoms with Crippen LogP contribution in [-0.2, 0) is 0 Å². The van der Waals surface area contributed by atoms with Gasteiger partial charge in [0.25, 0.3) is 0 Å². The van der Waals surface area contributed by atoms with Crippen LogP contribution in [-0.4, -0.2) is 32.4 Å². The molecule has 5 N–H and O–H groups in total. The van der Waals surface area contributed by atoms with Crippen molar-refractivity contribution in [3.63, 3.8) is 0 Å². The second-order valence-corrected chi connectivity index (χ2v) is 6.78. The molecule has 4 aromatic carbocycles. The highest BCUT2D eigenvalue weighted by Gasteiger charge is 2.01. The number of hydrogen-bond donors (Lipinski definition) is 5. The normalized spacial score (nSPS) is 10.5. The molecule has 0 saturated carbocycles. The van der Waals surface area contributed by atoms with Gasteiger partial charge in [0, 0.05) is 43.6 Å². The standard InChI is InChI=1S/2C12H9N.BH3O3/c2*1-3-7-11-9(5-1)10-6-2-4-8-12(10)13-11;2-1(3)4/h2*1-8,13H;2-4H. The molecule has 6 rings (SSSR count). The van der Waals surface area contributed by atoms with E-state index in [1.54, 1.807) is 0 Å². The molecule has 0 radical (unpaired) electrons. The molecular weight excluding hydrogens is 375 g/mol. The van der Waals surface area contributed by atoms with E-state index in [-0.39, 0.29) is 0 Å². The molecule has 0 amide bonds. The van der Waals surface area contributed by atoms with Crippen molar-refractivity contribution in [1.29, 1.82) is 0 Å². The van der Waals surface area contributed by atoms with E-state index in [1.165, 1.54) is 43.6 Å². The highest BCUT2D eigenvalue weighted by Crippen LogP contribution is 2.25. The molecule has 0 unspecified atom stereocenters. The minimum absolute atomic E-state index is 1.21. The van der Waals surface area contributed by atoms with E-state index in [9.17, 15) is 0 Å². The molecule has 5 nitrogen and oxygen atoms in total. The maximum absolute atomic E-state index is 7.17. The van der Waals surface area contributed by atoms with E-state index in [4.69, 9.17) is 15.1 Å². The van der Waals surface area contributed by atoms with E-state index < -0.39 is 7.32 Å². The van der Waals surface area contributed by atoms with E-state index >= 15 is 0 Å². The molecule has 148 valence electrons. The van der Waals surface area contributed by atoms with Gasteiger partial charge in [-0.1, -0.05) is 72.8 Å². The number of nitrogens with one attached hydrogen (secondary N) is 2. The molecule has 6 aromatic rings. The number of benzene rings is 4. The van der Waals surface area contributed by atoms with Crippen molar-refractivity contribution in [2.75, 3.05) is 0 Å².